The molecule has 20 heavy (non-hydrogen) atoms. The van der Waals surface area contributed by atoms with Crippen molar-refractivity contribution in [1.29, 1.82) is 0 Å². The van der Waals surface area contributed by atoms with E-state index in [0.29, 0.717) is 12.6 Å². The average Bonchev–Trinajstić information content (AvgIpc) is 3.29. The van der Waals surface area contributed by atoms with Gasteiger partial charge in [0.15, 0.2) is 0 Å². The lowest BCUT2D eigenvalue weighted by Gasteiger charge is -2.11. The fourth-order valence-electron chi connectivity index (χ4n) is 2.23. The van der Waals surface area contributed by atoms with Gasteiger partial charge in [-0.2, -0.15) is 0 Å². The third-order valence-corrected chi connectivity index (χ3v) is 5.01. The van der Waals surface area contributed by atoms with Crippen molar-refractivity contribution in [2.45, 2.75) is 29.9 Å². The Morgan fingerprint density at radius 2 is 1.95 bits per heavy atom. The molecule has 0 bridgehead atoms. The van der Waals surface area contributed by atoms with Gasteiger partial charge in [0.05, 0.1) is 22.7 Å². The quantitative estimate of drug-likeness (QED) is 0.856. The van der Waals surface area contributed by atoms with Crippen LogP contribution in [0.4, 0.5) is 0 Å². The van der Waals surface area contributed by atoms with E-state index in [2.05, 4.69) is 5.32 Å². The fraction of sp³-hybridized carbons (Fsp3) is 0.375. The predicted molar refractivity (Wildman–Crippen MR) is 82.3 cm³/mol. The van der Waals surface area contributed by atoms with E-state index in [-0.39, 0.29) is 5.75 Å². The molecule has 1 saturated carbocycles. The lowest BCUT2D eigenvalue weighted by molar-refractivity contribution is 0.194. The molecule has 2 aromatic rings. The zero-order chi connectivity index (χ0) is 13.9. The van der Waals surface area contributed by atoms with E-state index in [1.165, 1.54) is 12.8 Å². The van der Waals surface area contributed by atoms with Crippen LogP contribution in [0.25, 0.3) is 10.8 Å². The second-order valence-electron chi connectivity index (χ2n) is 5.36. The number of hydrogen-bond donors (Lipinski definition) is 2. The van der Waals surface area contributed by atoms with Gasteiger partial charge in [-0.25, -0.2) is 0 Å². The van der Waals surface area contributed by atoms with Gasteiger partial charge in [0, 0.05) is 17.5 Å². The molecule has 0 heterocycles. The molecule has 1 aliphatic rings. The van der Waals surface area contributed by atoms with Gasteiger partial charge in [-0.3, -0.25) is 4.21 Å². The topological polar surface area (TPSA) is 49.3 Å². The van der Waals surface area contributed by atoms with Crippen LogP contribution in [0.3, 0.4) is 0 Å². The summed E-state index contributed by atoms with van der Waals surface area (Å²) in [5, 5.41) is 15.4. The highest BCUT2D eigenvalue weighted by atomic mass is 32.2. The Labute approximate surface area is 121 Å². The molecule has 1 fully saturated rings. The van der Waals surface area contributed by atoms with Crippen molar-refractivity contribution in [2.75, 3.05) is 12.3 Å². The Morgan fingerprint density at radius 1 is 1.20 bits per heavy atom. The minimum absolute atomic E-state index is 0.290. The van der Waals surface area contributed by atoms with Crippen molar-refractivity contribution in [3.63, 3.8) is 0 Å². The maximum Gasteiger partial charge on any atom is 0.0783 e. The molecular weight excluding hydrogens is 270 g/mol. The van der Waals surface area contributed by atoms with Crippen LogP contribution in [-0.4, -0.2) is 33.8 Å². The van der Waals surface area contributed by atoms with Crippen molar-refractivity contribution < 1.29 is 9.32 Å². The highest BCUT2D eigenvalue weighted by Crippen LogP contribution is 2.19. The molecule has 2 atom stereocenters. The molecule has 4 heteroatoms. The third kappa shape index (κ3) is 3.45. The molecule has 0 saturated heterocycles. The number of rotatable bonds is 6. The molecule has 3 nitrogen and oxygen atoms in total. The number of benzene rings is 2. The van der Waals surface area contributed by atoms with Gasteiger partial charge in [0.25, 0.3) is 0 Å². The molecule has 0 aliphatic heterocycles. The van der Waals surface area contributed by atoms with Gasteiger partial charge in [-0.05, 0) is 35.7 Å². The molecule has 2 N–H and O–H groups in total. The van der Waals surface area contributed by atoms with E-state index < -0.39 is 16.9 Å². The number of fused-ring (bicyclic) bond motifs is 1. The first kappa shape index (κ1) is 13.7. The van der Waals surface area contributed by atoms with Crippen LogP contribution >= 0.6 is 0 Å². The second-order valence-corrected chi connectivity index (χ2v) is 6.85. The minimum atomic E-state index is -1.15. The summed E-state index contributed by atoms with van der Waals surface area (Å²) in [6.07, 6.45) is 1.84. The predicted octanol–water partition coefficient (Wildman–Crippen LogP) is 2.06. The van der Waals surface area contributed by atoms with Gasteiger partial charge < -0.3 is 10.4 Å². The molecule has 0 aromatic heterocycles. The highest BCUT2D eigenvalue weighted by molar-refractivity contribution is 7.85. The van der Waals surface area contributed by atoms with Crippen LogP contribution in [0.1, 0.15) is 12.8 Å². The van der Waals surface area contributed by atoms with E-state index in [1.54, 1.807) is 0 Å². The maximum absolute atomic E-state index is 12.3. The fourth-order valence-corrected chi connectivity index (χ4v) is 3.37. The largest absolute Gasteiger partial charge is 0.391 e. The molecule has 2 unspecified atom stereocenters. The van der Waals surface area contributed by atoms with E-state index >= 15 is 0 Å². The van der Waals surface area contributed by atoms with E-state index in [9.17, 15) is 9.32 Å². The zero-order valence-electron chi connectivity index (χ0n) is 11.3. The monoisotopic (exact) mass is 289 g/mol. The molecule has 0 radical (unpaired) electrons. The highest BCUT2D eigenvalue weighted by Gasteiger charge is 2.22. The molecule has 2 aromatic carbocycles. The summed E-state index contributed by atoms with van der Waals surface area (Å²) in [4.78, 5) is 0.786. The van der Waals surface area contributed by atoms with Crippen LogP contribution in [0, 0.1) is 0 Å². The van der Waals surface area contributed by atoms with E-state index in [0.717, 1.165) is 15.7 Å². The van der Waals surface area contributed by atoms with Gasteiger partial charge in [0.1, 0.15) is 0 Å². The van der Waals surface area contributed by atoms with Crippen LogP contribution in [0.2, 0.25) is 0 Å². The second kappa shape index (κ2) is 6.04. The number of aliphatic hydroxyl groups excluding tert-OH is 1. The lowest BCUT2D eigenvalue weighted by atomic mass is 10.1. The summed E-state index contributed by atoms with van der Waals surface area (Å²) in [5.74, 6) is 0.290. The molecule has 0 spiro atoms. The molecule has 1 aliphatic carbocycles. The SMILES string of the molecule is O=S(CC(O)CNC1CC1)c1ccc2ccccc2c1. The Hall–Kier alpha value is -1.23. The smallest absolute Gasteiger partial charge is 0.0783 e. The van der Waals surface area contributed by atoms with Crippen molar-refractivity contribution in [3.8, 4) is 0 Å². The zero-order valence-corrected chi connectivity index (χ0v) is 12.1. The first-order valence-corrected chi connectivity index (χ1v) is 8.33. The van der Waals surface area contributed by atoms with Gasteiger partial charge in [-0.1, -0.05) is 30.3 Å². The number of hydrogen-bond acceptors (Lipinski definition) is 3. The summed E-state index contributed by atoms with van der Waals surface area (Å²) in [7, 11) is -1.15. The molecule has 106 valence electrons. The van der Waals surface area contributed by atoms with Crippen molar-refractivity contribution in [2.24, 2.45) is 0 Å². The Bertz CT molecular complexity index is 625. The van der Waals surface area contributed by atoms with Gasteiger partial charge in [-0.15, -0.1) is 0 Å². The molecular formula is C16H19NO2S. The summed E-state index contributed by atoms with van der Waals surface area (Å²) >= 11 is 0. The standard InChI is InChI=1S/C16H19NO2S/c18-15(10-17-14-6-7-14)11-20(19)16-8-5-12-3-1-2-4-13(12)9-16/h1-5,8-9,14-15,17-18H,6-7,10-11H2. The Kier molecular flexibility index (Phi) is 4.15. The van der Waals surface area contributed by atoms with Crippen LogP contribution < -0.4 is 5.32 Å². The summed E-state index contributed by atoms with van der Waals surface area (Å²) in [6, 6.07) is 14.4. The van der Waals surface area contributed by atoms with Crippen LogP contribution in [0.5, 0.6) is 0 Å². The third-order valence-electron chi connectivity index (χ3n) is 3.55. The molecule has 0 amide bonds. The van der Waals surface area contributed by atoms with Gasteiger partial charge in [0.2, 0.25) is 0 Å². The summed E-state index contributed by atoms with van der Waals surface area (Å²) < 4.78 is 12.3. The van der Waals surface area contributed by atoms with E-state index in [4.69, 9.17) is 0 Å². The summed E-state index contributed by atoms with van der Waals surface area (Å²) in [6.45, 7) is 0.532. The number of aliphatic hydroxyl groups is 1. The van der Waals surface area contributed by atoms with Crippen molar-refractivity contribution in [3.05, 3.63) is 42.5 Å². The van der Waals surface area contributed by atoms with Crippen molar-refractivity contribution in [1.82, 2.24) is 5.32 Å². The normalized spacial score (nSPS) is 18.1. The molecule has 3 rings (SSSR count). The summed E-state index contributed by atoms with van der Waals surface area (Å²) in [5.41, 5.74) is 0. The first-order chi connectivity index (χ1) is 9.72. The minimum Gasteiger partial charge on any atom is -0.391 e. The first-order valence-electron chi connectivity index (χ1n) is 7.01. The maximum atomic E-state index is 12.3. The Morgan fingerprint density at radius 3 is 2.70 bits per heavy atom. The van der Waals surface area contributed by atoms with E-state index in [1.807, 2.05) is 42.5 Å². The van der Waals surface area contributed by atoms with Crippen LogP contribution in [0.15, 0.2) is 47.4 Å². The Balaban J connectivity index is 1.64. The van der Waals surface area contributed by atoms with Gasteiger partial charge >= 0.3 is 0 Å². The van der Waals surface area contributed by atoms with Crippen molar-refractivity contribution >= 4 is 21.6 Å². The lowest BCUT2D eigenvalue weighted by Crippen LogP contribution is -2.32. The average molecular weight is 289 g/mol. The van der Waals surface area contributed by atoms with Crippen LogP contribution in [-0.2, 0) is 10.8 Å². The number of nitrogens with one attached hydrogen (secondary N) is 1.